The number of carbonyl (C=O) groups excluding carboxylic acids is 3. The second-order valence-corrected chi connectivity index (χ2v) is 6.91. The first-order valence-electron chi connectivity index (χ1n) is 9.51. The summed E-state index contributed by atoms with van der Waals surface area (Å²) in [7, 11) is 0. The minimum absolute atomic E-state index is 0. The Morgan fingerprint density at radius 3 is 1.76 bits per heavy atom. The predicted molar refractivity (Wildman–Crippen MR) is 108 cm³/mol. The first kappa shape index (κ1) is 32.9. The molecule has 10 heteroatoms. The van der Waals surface area contributed by atoms with Gasteiger partial charge in [0.1, 0.15) is 0 Å². The van der Waals surface area contributed by atoms with Crippen molar-refractivity contribution >= 4 is 23.6 Å². The van der Waals surface area contributed by atoms with Crippen LogP contribution in [0, 0.1) is 0 Å². The summed E-state index contributed by atoms with van der Waals surface area (Å²) in [5.74, 6) is -4.46. The molecule has 0 aliphatic heterocycles. The minimum atomic E-state index is -1.63. The summed E-state index contributed by atoms with van der Waals surface area (Å²) in [5.41, 5.74) is 2.26. The first-order valence-corrected chi connectivity index (χ1v) is 9.51. The molecule has 0 saturated heterocycles. The van der Waals surface area contributed by atoms with E-state index in [9.17, 15) is 29.7 Å². The fourth-order valence-corrected chi connectivity index (χ4v) is 3.28. The number of hydrogen-bond donors (Lipinski definition) is 0. The summed E-state index contributed by atoms with van der Waals surface area (Å²) in [5, 5.41) is 33.4. The van der Waals surface area contributed by atoms with Gasteiger partial charge >= 0.3 is 88.7 Å². The van der Waals surface area contributed by atoms with E-state index < -0.39 is 29.0 Å². The van der Waals surface area contributed by atoms with E-state index >= 15 is 0 Å². The van der Waals surface area contributed by atoms with Crippen LogP contribution in [0.5, 0.6) is 0 Å². The molecule has 158 valence electrons. The molecule has 0 aromatic heterocycles. The van der Waals surface area contributed by atoms with Crippen LogP contribution in [-0.4, -0.2) is 24.5 Å². The average molecular weight is 485 g/mol. The van der Waals surface area contributed by atoms with Crippen LogP contribution in [0.25, 0.3) is 11.1 Å². The van der Waals surface area contributed by atoms with Crippen molar-refractivity contribution in [1.82, 2.24) is 0 Å². The Morgan fingerprint density at radius 1 is 0.676 bits per heavy atom. The van der Waals surface area contributed by atoms with E-state index in [0.29, 0.717) is 5.56 Å². The van der Waals surface area contributed by atoms with E-state index in [1.54, 1.807) is 4.90 Å². The molecule has 0 radical (unpaired) electrons. The summed E-state index contributed by atoms with van der Waals surface area (Å²) in [4.78, 5) is 35.2. The van der Waals surface area contributed by atoms with Gasteiger partial charge in [0.25, 0.3) is 0 Å². The van der Waals surface area contributed by atoms with Crippen molar-refractivity contribution in [2.24, 2.45) is 0 Å². The number of aliphatic carboxylic acids is 1. The molecule has 0 heterocycles. The number of aromatic carboxylic acids is 2. The van der Waals surface area contributed by atoms with Gasteiger partial charge in [-0.3, -0.25) is 0 Å². The quantitative estimate of drug-likeness (QED) is 0.276. The van der Waals surface area contributed by atoms with Gasteiger partial charge in [-0.1, -0.05) is 54.6 Å². The molecule has 3 aromatic rings. The summed E-state index contributed by atoms with van der Waals surface area (Å²) in [6, 6.07) is 21.0. The standard InChI is InChI=1S/C24H21NO6.3Na/c26-22(27)12-13-25(15-16-6-11-20(23(28)29)21(14-16)24(30)31)19-9-7-18(8-10-19)17-4-2-1-3-5-17;;;/h1-11,14H,12-13,15H2,(H,26,27)(H,28,29)(H,30,31);;;/q;3*+1/p-3. The maximum absolute atomic E-state index is 11.3. The summed E-state index contributed by atoms with van der Waals surface area (Å²) in [6.07, 6.45) is -0.231. The number of benzene rings is 3. The van der Waals surface area contributed by atoms with E-state index in [1.807, 2.05) is 54.6 Å². The second-order valence-electron chi connectivity index (χ2n) is 6.91. The van der Waals surface area contributed by atoms with Gasteiger partial charge in [-0.15, -0.1) is 0 Å². The van der Waals surface area contributed by atoms with E-state index in [0.717, 1.165) is 22.9 Å². The molecule has 0 atom stereocenters. The van der Waals surface area contributed by atoms with Crippen molar-refractivity contribution in [1.29, 1.82) is 0 Å². The van der Waals surface area contributed by atoms with Crippen LogP contribution >= 0.6 is 0 Å². The Hall–Kier alpha value is -1.13. The van der Waals surface area contributed by atoms with Crippen LogP contribution in [0.4, 0.5) is 5.69 Å². The topological polar surface area (TPSA) is 124 Å². The molecule has 0 bridgehead atoms. The monoisotopic (exact) mass is 485 g/mol. The van der Waals surface area contributed by atoms with Gasteiger partial charge < -0.3 is 34.6 Å². The van der Waals surface area contributed by atoms with Crippen LogP contribution in [0.1, 0.15) is 32.7 Å². The molecule has 0 amide bonds. The van der Waals surface area contributed by atoms with Crippen LogP contribution in [0.3, 0.4) is 0 Å². The third-order valence-electron chi connectivity index (χ3n) is 4.82. The number of nitrogens with zero attached hydrogens (tertiary/aromatic N) is 1. The number of hydrogen-bond acceptors (Lipinski definition) is 7. The molecule has 0 spiro atoms. The number of carboxylic acid groups (broad SMARTS) is 3. The molecule has 34 heavy (non-hydrogen) atoms. The Morgan fingerprint density at radius 2 is 1.24 bits per heavy atom. The van der Waals surface area contributed by atoms with E-state index in [2.05, 4.69) is 0 Å². The molecule has 0 fully saturated rings. The number of carboxylic acids is 3. The summed E-state index contributed by atoms with van der Waals surface area (Å²) in [6.45, 7) is 0.279. The fourth-order valence-electron chi connectivity index (χ4n) is 3.28. The van der Waals surface area contributed by atoms with Gasteiger partial charge in [0.2, 0.25) is 0 Å². The van der Waals surface area contributed by atoms with Gasteiger partial charge in [0, 0.05) is 42.3 Å². The molecule has 0 aliphatic carbocycles. The van der Waals surface area contributed by atoms with Crippen LogP contribution in [-0.2, 0) is 11.3 Å². The maximum Gasteiger partial charge on any atom is 1.00 e. The Balaban J connectivity index is 0.00000363. The third-order valence-corrected chi connectivity index (χ3v) is 4.82. The van der Waals surface area contributed by atoms with Crippen LogP contribution in [0.2, 0.25) is 0 Å². The van der Waals surface area contributed by atoms with Gasteiger partial charge in [-0.2, -0.15) is 0 Å². The fraction of sp³-hybridized carbons (Fsp3) is 0.125. The Bertz CT molecular complexity index is 1110. The van der Waals surface area contributed by atoms with Gasteiger partial charge in [0.15, 0.2) is 0 Å². The normalized spacial score (nSPS) is 9.53. The maximum atomic E-state index is 11.3. The predicted octanol–water partition coefficient (Wildman–Crippen LogP) is -8.76. The Labute approximate surface area is 264 Å². The van der Waals surface area contributed by atoms with E-state index in [1.165, 1.54) is 12.1 Å². The van der Waals surface area contributed by atoms with Crippen molar-refractivity contribution in [3.8, 4) is 11.1 Å². The SMILES string of the molecule is O=C([O-])CCN(Cc1ccc(C(=O)[O-])c(C(=O)[O-])c1)c1ccc(-c2ccccc2)cc1.[Na+].[Na+].[Na+]. The second kappa shape index (κ2) is 15.8. The molecule has 0 saturated carbocycles. The van der Waals surface area contributed by atoms with Crippen LogP contribution < -0.4 is 109 Å². The summed E-state index contributed by atoms with van der Waals surface area (Å²) >= 11 is 0. The van der Waals surface area contributed by atoms with Gasteiger partial charge in [-0.25, -0.2) is 0 Å². The van der Waals surface area contributed by atoms with Gasteiger partial charge in [0.05, 0.1) is 11.9 Å². The van der Waals surface area contributed by atoms with Gasteiger partial charge in [-0.05, 0) is 34.9 Å². The molecule has 0 N–H and O–H groups in total. The third kappa shape index (κ3) is 9.15. The molecule has 7 nitrogen and oxygen atoms in total. The van der Waals surface area contributed by atoms with Crippen molar-refractivity contribution in [3.63, 3.8) is 0 Å². The molecule has 3 rings (SSSR count). The minimum Gasteiger partial charge on any atom is -0.550 e. The van der Waals surface area contributed by atoms with Crippen molar-refractivity contribution < 1.29 is 118 Å². The number of rotatable bonds is 9. The first-order chi connectivity index (χ1) is 14.8. The van der Waals surface area contributed by atoms with Crippen molar-refractivity contribution in [2.75, 3.05) is 11.4 Å². The Kier molecular flexibility index (Phi) is 15.3. The van der Waals surface area contributed by atoms with Crippen LogP contribution in [0.15, 0.2) is 72.8 Å². The number of carbonyl (C=O) groups is 3. The average Bonchev–Trinajstić information content (AvgIpc) is 2.77. The molecule has 3 aromatic carbocycles. The molecule has 0 aliphatic rings. The number of anilines is 1. The van der Waals surface area contributed by atoms with E-state index in [4.69, 9.17) is 0 Å². The van der Waals surface area contributed by atoms with Crippen molar-refractivity contribution in [3.05, 3.63) is 89.5 Å². The zero-order valence-electron chi connectivity index (χ0n) is 19.4. The molecule has 0 unspecified atom stereocenters. The molecular weight excluding hydrogens is 467 g/mol. The van der Waals surface area contributed by atoms with Crippen molar-refractivity contribution in [2.45, 2.75) is 13.0 Å². The zero-order chi connectivity index (χ0) is 22.4. The molecular formula is C24H18NNa3O6. The summed E-state index contributed by atoms with van der Waals surface area (Å²) < 4.78 is 0. The zero-order valence-corrected chi connectivity index (χ0v) is 25.4. The van der Waals surface area contributed by atoms with E-state index in [-0.39, 0.29) is 108 Å². The largest absolute Gasteiger partial charge is 1.00 e. The smallest absolute Gasteiger partial charge is 0.550 e.